The Morgan fingerprint density at radius 3 is 2.47 bits per heavy atom. The van der Waals surface area contributed by atoms with Crippen LogP contribution in [0.2, 0.25) is 5.28 Å². The van der Waals surface area contributed by atoms with Gasteiger partial charge in [0.05, 0.1) is 0 Å². The summed E-state index contributed by atoms with van der Waals surface area (Å²) in [7, 11) is 1.86. The highest BCUT2D eigenvalue weighted by atomic mass is 35.5. The number of allylic oxidation sites excluding steroid dienone is 2. The Hall–Kier alpha value is -1.96. The van der Waals surface area contributed by atoms with Crippen molar-refractivity contribution in [2.24, 2.45) is 0 Å². The van der Waals surface area contributed by atoms with Gasteiger partial charge in [0.25, 0.3) is 5.91 Å². The fourth-order valence-electron chi connectivity index (χ4n) is 3.59. The predicted molar refractivity (Wildman–Crippen MR) is 122 cm³/mol. The van der Waals surface area contributed by atoms with Crippen molar-refractivity contribution < 1.29 is 4.79 Å². The lowest BCUT2D eigenvalue weighted by molar-refractivity contribution is -0.130. The highest BCUT2D eigenvalue weighted by molar-refractivity contribution is 6.28. The van der Waals surface area contributed by atoms with Crippen molar-refractivity contribution in [1.82, 2.24) is 30.0 Å². The zero-order valence-electron chi connectivity index (χ0n) is 18.9. The van der Waals surface area contributed by atoms with Gasteiger partial charge in [0.15, 0.2) is 0 Å². The molecule has 1 aliphatic heterocycles. The number of carbonyl (C=O) groups excluding carboxylic acids is 1. The van der Waals surface area contributed by atoms with Crippen molar-refractivity contribution in [3.63, 3.8) is 0 Å². The number of nitrogens with one attached hydrogen (secondary N) is 1. The number of amides is 1. The van der Waals surface area contributed by atoms with Gasteiger partial charge in [-0.15, -0.1) is 0 Å². The predicted octanol–water partition coefficient (Wildman–Crippen LogP) is 2.90. The van der Waals surface area contributed by atoms with Gasteiger partial charge in [-0.25, -0.2) is 9.97 Å². The van der Waals surface area contributed by atoms with Crippen LogP contribution in [0.1, 0.15) is 39.7 Å². The monoisotopic (exact) mass is 434 g/mol. The topological polar surface area (TPSA) is 64.6 Å². The molecule has 0 bridgehead atoms. The Balaban J connectivity index is 2.01. The number of carbonyl (C=O) groups is 1. The van der Waals surface area contributed by atoms with Gasteiger partial charge in [0.2, 0.25) is 5.28 Å². The Labute approximate surface area is 185 Å². The van der Waals surface area contributed by atoms with Gasteiger partial charge in [-0.05, 0) is 38.8 Å². The number of halogens is 1. The van der Waals surface area contributed by atoms with E-state index in [0.717, 1.165) is 56.0 Å². The number of hydrogen-bond donors (Lipinski definition) is 1. The van der Waals surface area contributed by atoms with Crippen LogP contribution in [0.3, 0.4) is 0 Å². The summed E-state index contributed by atoms with van der Waals surface area (Å²) in [5, 5.41) is 3.75. The molecule has 0 aromatic carbocycles. The first-order valence-corrected chi connectivity index (χ1v) is 10.9. The minimum atomic E-state index is -0.143. The number of rotatable bonds is 9. The van der Waals surface area contributed by atoms with Gasteiger partial charge in [0, 0.05) is 75.0 Å². The Bertz CT molecular complexity index is 742. The summed E-state index contributed by atoms with van der Waals surface area (Å²) in [6.07, 6.45) is 6.10. The minimum Gasteiger partial charge on any atom is -0.368 e. The van der Waals surface area contributed by atoms with Crippen molar-refractivity contribution in [3.05, 3.63) is 47.2 Å². The number of aromatic nitrogens is 2. The van der Waals surface area contributed by atoms with Crippen LogP contribution in [-0.4, -0.2) is 76.0 Å². The van der Waals surface area contributed by atoms with Crippen LogP contribution in [0.5, 0.6) is 0 Å². The lowest BCUT2D eigenvalue weighted by atomic mass is 10.1. The molecule has 1 aromatic rings. The van der Waals surface area contributed by atoms with E-state index in [1.165, 1.54) is 0 Å². The van der Waals surface area contributed by atoms with Crippen molar-refractivity contribution >= 4 is 17.5 Å². The van der Waals surface area contributed by atoms with E-state index in [1.807, 2.05) is 27.0 Å². The molecule has 166 valence electrons. The molecule has 0 radical (unpaired) electrons. The molecule has 1 N–H and O–H groups in total. The third kappa shape index (κ3) is 6.52. The normalized spacial score (nSPS) is 18.0. The molecule has 2 rings (SSSR count). The van der Waals surface area contributed by atoms with Crippen LogP contribution in [0, 0.1) is 0 Å². The molecule has 1 amide bonds. The molecule has 1 aliphatic rings. The standard InChI is InChI=1S/C22H35ClN6O/c1-7-16(3)21(30)27(6)20(26-17(4)8-2)18(5)29-11-9-28(10-12-29)15-19-13-24-22(23)25-14-19/h7,13-14,18,20,26H,4,8-12,15H2,1-3,5-6H3/b16-7-/t18?,20-/m0/s1. The van der Waals surface area contributed by atoms with Gasteiger partial charge in [-0.2, -0.15) is 0 Å². The lowest BCUT2D eigenvalue weighted by Crippen LogP contribution is -2.60. The highest BCUT2D eigenvalue weighted by Gasteiger charge is 2.31. The van der Waals surface area contributed by atoms with Crippen LogP contribution < -0.4 is 5.32 Å². The van der Waals surface area contributed by atoms with E-state index in [2.05, 4.69) is 45.5 Å². The van der Waals surface area contributed by atoms with Gasteiger partial charge in [-0.3, -0.25) is 14.6 Å². The second-order valence-corrected chi connectivity index (χ2v) is 8.19. The summed E-state index contributed by atoms with van der Waals surface area (Å²) >= 11 is 5.77. The van der Waals surface area contributed by atoms with E-state index < -0.39 is 0 Å². The van der Waals surface area contributed by atoms with E-state index in [4.69, 9.17) is 11.6 Å². The second kappa shape index (κ2) is 11.4. The summed E-state index contributed by atoms with van der Waals surface area (Å²) in [4.78, 5) is 27.5. The Morgan fingerprint density at radius 2 is 1.93 bits per heavy atom. The number of hydrogen-bond acceptors (Lipinski definition) is 6. The molecule has 0 aliphatic carbocycles. The second-order valence-electron chi connectivity index (χ2n) is 7.85. The number of likely N-dealkylation sites (N-methyl/N-ethyl adjacent to an activating group) is 1. The highest BCUT2D eigenvalue weighted by Crippen LogP contribution is 2.16. The zero-order valence-corrected chi connectivity index (χ0v) is 19.6. The van der Waals surface area contributed by atoms with Crippen LogP contribution >= 0.6 is 11.6 Å². The number of nitrogens with zero attached hydrogens (tertiary/aromatic N) is 5. The fourth-order valence-corrected chi connectivity index (χ4v) is 3.69. The summed E-state index contributed by atoms with van der Waals surface area (Å²) in [6.45, 7) is 16.6. The van der Waals surface area contributed by atoms with Crippen molar-refractivity contribution in [2.75, 3.05) is 33.2 Å². The van der Waals surface area contributed by atoms with E-state index in [1.54, 1.807) is 17.3 Å². The molecule has 2 heterocycles. The fraction of sp³-hybridized carbons (Fsp3) is 0.591. The average Bonchev–Trinajstić information content (AvgIpc) is 2.77. The smallest absolute Gasteiger partial charge is 0.250 e. The molecule has 2 atom stereocenters. The van der Waals surface area contributed by atoms with Crippen molar-refractivity contribution in [2.45, 2.75) is 52.9 Å². The van der Waals surface area contributed by atoms with Crippen LogP contribution in [-0.2, 0) is 11.3 Å². The van der Waals surface area contributed by atoms with E-state index in [-0.39, 0.29) is 23.4 Å². The summed E-state index contributed by atoms with van der Waals surface area (Å²) < 4.78 is 0. The maximum atomic E-state index is 12.8. The number of piperazine rings is 1. The van der Waals surface area contributed by atoms with Crippen LogP contribution in [0.25, 0.3) is 0 Å². The van der Waals surface area contributed by atoms with Crippen LogP contribution in [0.15, 0.2) is 36.3 Å². The largest absolute Gasteiger partial charge is 0.368 e. The molecule has 8 heteroatoms. The molecule has 7 nitrogen and oxygen atoms in total. The average molecular weight is 435 g/mol. The van der Waals surface area contributed by atoms with E-state index in [9.17, 15) is 4.79 Å². The molecular weight excluding hydrogens is 400 g/mol. The van der Waals surface area contributed by atoms with Gasteiger partial charge in [-0.1, -0.05) is 19.6 Å². The Morgan fingerprint density at radius 1 is 1.33 bits per heavy atom. The lowest BCUT2D eigenvalue weighted by Gasteiger charge is -2.44. The summed E-state index contributed by atoms with van der Waals surface area (Å²) in [6, 6.07) is 0.146. The zero-order chi connectivity index (χ0) is 22.3. The Kier molecular flexibility index (Phi) is 9.27. The maximum Gasteiger partial charge on any atom is 0.250 e. The van der Waals surface area contributed by atoms with Gasteiger partial charge >= 0.3 is 0 Å². The minimum absolute atomic E-state index is 0.0344. The molecule has 0 spiro atoms. The first-order valence-electron chi connectivity index (χ1n) is 10.5. The van der Waals surface area contributed by atoms with Crippen LogP contribution in [0.4, 0.5) is 0 Å². The SMILES string of the molecule is C=C(CC)N[C@H](C(C)N1CCN(Cc2cnc(Cl)nc2)CC1)N(C)C(=O)/C(C)=C\C. The quantitative estimate of drug-likeness (QED) is 0.366. The van der Waals surface area contributed by atoms with Crippen molar-refractivity contribution in [1.29, 1.82) is 0 Å². The first-order chi connectivity index (χ1) is 14.3. The van der Waals surface area contributed by atoms with Gasteiger partial charge < -0.3 is 10.2 Å². The van der Waals surface area contributed by atoms with E-state index in [0.29, 0.717) is 0 Å². The molecule has 1 fully saturated rings. The van der Waals surface area contributed by atoms with Gasteiger partial charge in [0.1, 0.15) is 6.17 Å². The molecule has 1 unspecified atom stereocenters. The summed E-state index contributed by atoms with van der Waals surface area (Å²) in [5.74, 6) is 0.0344. The van der Waals surface area contributed by atoms with E-state index >= 15 is 0 Å². The molecule has 0 saturated carbocycles. The third-order valence-electron chi connectivity index (χ3n) is 5.81. The maximum absolute atomic E-state index is 12.8. The molecular formula is C22H35ClN6O. The van der Waals surface area contributed by atoms with Crippen molar-refractivity contribution in [3.8, 4) is 0 Å². The molecule has 1 aromatic heterocycles. The first kappa shape index (κ1) is 24.3. The summed E-state index contributed by atoms with van der Waals surface area (Å²) in [5.41, 5.74) is 2.74. The molecule has 1 saturated heterocycles. The third-order valence-corrected chi connectivity index (χ3v) is 6.00. The molecule has 30 heavy (non-hydrogen) atoms.